The van der Waals surface area contributed by atoms with Crippen molar-refractivity contribution in [3.05, 3.63) is 42.1 Å². The first-order valence-electron chi connectivity index (χ1n) is 16.7. The molecular weight excluding hydrogens is 687 g/mol. The molecule has 3 fully saturated rings. The van der Waals surface area contributed by atoms with Crippen molar-refractivity contribution in [2.45, 2.75) is 63.9 Å². The molecule has 1 aromatic carbocycles. The molecule has 5 rings (SSSR count). The summed E-state index contributed by atoms with van der Waals surface area (Å²) in [7, 11) is -2.66. The van der Waals surface area contributed by atoms with Crippen LogP contribution in [0.15, 0.2) is 36.4 Å². The van der Waals surface area contributed by atoms with E-state index in [4.69, 9.17) is 28.5 Å². The van der Waals surface area contributed by atoms with E-state index in [1.165, 1.54) is 11.0 Å². The van der Waals surface area contributed by atoms with Crippen molar-refractivity contribution in [2.75, 3.05) is 57.5 Å². The third-order valence-electron chi connectivity index (χ3n) is 8.68. The Morgan fingerprint density at radius 3 is 2.43 bits per heavy atom. The molecule has 0 spiro atoms. The minimum Gasteiger partial charge on any atom is -0.449 e. The van der Waals surface area contributed by atoms with Crippen molar-refractivity contribution in [3.63, 3.8) is 0 Å². The van der Waals surface area contributed by atoms with E-state index >= 15 is 0 Å². The zero-order chi connectivity index (χ0) is 36.8. The minimum atomic E-state index is -4.28. The van der Waals surface area contributed by atoms with Crippen molar-refractivity contribution in [3.8, 4) is 11.4 Å². The van der Waals surface area contributed by atoms with Gasteiger partial charge in [-0.25, -0.2) is 19.3 Å². The molecular formula is C33H43N6O11P. The molecule has 1 aromatic heterocycles. The van der Waals surface area contributed by atoms with E-state index in [0.717, 1.165) is 26.7 Å². The van der Waals surface area contributed by atoms with Gasteiger partial charge in [0, 0.05) is 65.3 Å². The highest BCUT2D eigenvalue weighted by Gasteiger charge is 2.75. The average Bonchev–Trinajstić information content (AvgIpc) is 3.42. The summed E-state index contributed by atoms with van der Waals surface area (Å²) in [6, 6.07) is 9.37. The lowest BCUT2D eigenvalue weighted by Crippen LogP contribution is -2.61. The van der Waals surface area contributed by atoms with Crippen LogP contribution < -0.4 is 15.5 Å². The normalized spacial score (nSPS) is 24.2. The van der Waals surface area contributed by atoms with Crippen LogP contribution in [0.1, 0.15) is 50.5 Å². The molecule has 0 radical (unpaired) electrons. The average molecular weight is 731 g/mol. The van der Waals surface area contributed by atoms with Gasteiger partial charge in [-0.1, -0.05) is 43.7 Å². The van der Waals surface area contributed by atoms with Gasteiger partial charge in [0.1, 0.15) is 11.5 Å². The predicted molar refractivity (Wildman–Crippen MR) is 181 cm³/mol. The number of amides is 2. The number of esters is 2. The Kier molecular flexibility index (Phi) is 12.1. The van der Waals surface area contributed by atoms with Crippen LogP contribution in [0.25, 0.3) is 11.4 Å². The number of carbonyl (C=O) groups excluding carboxylic acids is 5. The van der Waals surface area contributed by atoms with Gasteiger partial charge in [-0.3, -0.25) is 23.7 Å². The number of carbonyl (C=O) groups is 5. The monoisotopic (exact) mass is 730 g/mol. The molecule has 3 saturated heterocycles. The van der Waals surface area contributed by atoms with Gasteiger partial charge in [0.05, 0.1) is 24.9 Å². The van der Waals surface area contributed by atoms with E-state index in [-0.39, 0.29) is 43.9 Å². The van der Waals surface area contributed by atoms with Crippen LogP contribution in [0.5, 0.6) is 0 Å². The molecule has 2 aromatic rings. The van der Waals surface area contributed by atoms with Crippen LogP contribution in [0.2, 0.25) is 0 Å². The van der Waals surface area contributed by atoms with Gasteiger partial charge in [-0.15, -0.1) is 0 Å². The molecule has 276 valence electrons. The number of hydrogen-bond acceptors (Lipinski definition) is 15. The molecule has 18 heteroatoms. The van der Waals surface area contributed by atoms with Crippen molar-refractivity contribution >= 4 is 42.9 Å². The second-order valence-corrected chi connectivity index (χ2v) is 15.1. The Balaban J connectivity index is 1.47. The Hall–Kier alpha value is -4.44. The van der Waals surface area contributed by atoms with Crippen LogP contribution in [-0.4, -0.2) is 121 Å². The number of anilines is 1. The van der Waals surface area contributed by atoms with E-state index in [2.05, 4.69) is 15.6 Å². The van der Waals surface area contributed by atoms with Crippen molar-refractivity contribution in [1.29, 1.82) is 0 Å². The Bertz CT molecular complexity index is 1660. The van der Waals surface area contributed by atoms with Crippen LogP contribution in [0.3, 0.4) is 0 Å². The van der Waals surface area contributed by atoms with Crippen molar-refractivity contribution in [1.82, 2.24) is 25.5 Å². The van der Waals surface area contributed by atoms with Crippen molar-refractivity contribution in [2.24, 2.45) is 0 Å². The standard InChI is InChI=1S/C33H43N6O11P/c1-5-6-16-47-31(44)39-15-13-34-26(19-39)28(42)33(20-51(33,45)50-32(48-21(2)40)49-22(3)41)37-30(43)25-17-27(38-14-12-24(18-38)46-4)36-29(35-25)23-10-8-7-9-11-23/h7-11,17,24,26,32,34H,5-6,12-16,18-20H2,1-4H3,(H,37,43)/t24-,26?,33-,51?/m0/s1. The molecule has 3 aliphatic heterocycles. The van der Waals surface area contributed by atoms with Crippen LogP contribution in [0, 0.1) is 0 Å². The molecule has 0 aliphatic carbocycles. The van der Waals surface area contributed by atoms with E-state index in [9.17, 15) is 28.5 Å². The fourth-order valence-corrected chi connectivity index (χ4v) is 8.38. The number of nitrogens with zero attached hydrogens (tertiary/aromatic N) is 4. The molecule has 0 bridgehead atoms. The number of nitrogens with one attached hydrogen (secondary N) is 2. The fourth-order valence-electron chi connectivity index (χ4n) is 5.89. The van der Waals surface area contributed by atoms with E-state index in [0.29, 0.717) is 30.9 Å². The fraction of sp³-hybridized carbons (Fsp3) is 0.545. The topological polar surface area (TPSA) is 205 Å². The summed E-state index contributed by atoms with van der Waals surface area (Å²) in [4.78, 5) is 77.4. The molecule has 2 unspecified atom stereocenters. The van der Waals surface area contributed by atoms with Crippen LogP contribution in [0.4, 0.5) is 10.6 Å². The quantitative estimate of drug-likeness (QED) is 0.124. The van der Waals surface area contributed by atoms with Gasteiger partial charge in [0.2, 0.25) is 7.37 Å². The van der Waals surface area contributed by atoms with Gasteiger partial charge < -0.3 is 39.4 Å². The Morgan fingerprint density at radius 2 is 1.78 bits per heavy atom. The first kappa shape index (κ1) is 37.8. The molecule has 0 saturated carbocycles. The third-order valence-corrected chi connectivity index (χ3v) is 11.4. The summed E-state index contributed by atoms with van der Waals surface area (Å²) in [6.07, 6.45) is 1.06. The maximum atomic E-state index is 14.4. The molecule has 17 nitrogen and oxygen atoms in total. The number of unbranched alkanes of at least 4 members (excludes halogenated alkanes) is 1. The third kappa shape index (κ3) is 8.90. The summed E-state index contributed by atoms with van der Waals surface area (Å²) in [5, 5.41) is 3.49. The molecule has 3 aliphatic rings. The number of Topliss-reactive ketones (excluding diaryl/α,β-unsaturated/α-hetero) is 1. The van der Waals surface area contributed by atoms with Crippen LogP contribution in [-0.2, 0) is 42.4 Å². The molecule has 4 atom stereocenters. The number of piperazine rings is 1. The van der Waals surface area contributed by atoms with E-state index in [1.807, 2.05) is 17.9 Å². The Labute approximate surface area is 295 Å². The lowest BCUT2D eigenvalue weighted by molar-refractivity contribution is -0.231. The maximum absolute atomic E-state index is 14.4. The second-order valence-electron chi connectivity index (χ2n) is 12.4. The number of rotatable bonds is 14. The Morgan fingerprint density at radius 1 is 1.06 bits per heavy atom. The maximum Gasteiger partial charge on any atom is 0.409 e. The zero-order valence-corrected chi connectivity index (χ0v) is 29.9. The highest BCUT2D eigenvalue weighted by atomic mass is 31.2. The second kappa shape index (κ2) is 16.3. The number of methoxy groups -OCH3 is 1. The van der Waals surface area contributed by atoms with Gasteiger partial charge in [0.25, 0.3) is 5.91 Å². The van der Waals surface area contributed by atoms with Crippen LogP contribution >= 0.6 is 7.37 Å². The smallest absolute Gasteiger partial charge is 0.409 e. The predicted octanol–water partition coefficient (Wildman–Crippen LogP) is 2.29. The van der Waals surface area contributed by atoms with Gasteiger partial charge >= 0.3 is 24.5 Å². The first-order chi connectivity index (χ1) is 24.4. The summed E-state index contributed by atoms with van der Waals surface area (Å²) in [6.45, 7) is 3.58. The number of ether oxygens (including phenoxy) is 4. The molecule has 2 amide bonds. The van der Waals surface area contributed by atoms with E-state index in [1.54, 1.807) is 31.4 Å². The summed E-state index contributed by atoms with van der Waals surface area (Å²) >= 11 is 0. The molecule has 4 heterocycles. The highest BCUT2D eigenvalue weighted by Crippen LogP contribution is 2.76. The van der Waals surface area contributed by atoms with Crippen molar-refractivity contribution < 1.29 is 52.0 Å². The molecule has 51 heavy (non-hydrogen) atoms. The summed E-state index contributed by atoms with van der Waals surface area (Å²) in [5.74, 6) is -2.76. The highest BCUT2D eigenvalue weighted by molar-refractivity contribution is 7.70. The largest absolute Gasteiger partial charge is 0.449 e. The summed E-state index contributed by atoms with van der Waals surface area (Å²) < 4.78 is 40.6. The van der Waals surface area contributed by atoms with Gasteiger partial charge in [-0.05, 0) is 12.8 Å². The first-order valence-corrected chi connectivity index (χ1v) is 18.5. The minimum absolute atomic E-state index is 0.0401. The lowest BCUT2D eigenvalue weighted by Gasteiger charge is -2.34. The van der Waals surface area contributed by atoms with Gasteiger partial charge in [0.15, 0.2) is 16.9 Å². The SMILES string of the molecule is CCCCOC(=O)N1CCNC(C(=O)[C@]2(NC(=O)c3cc(N4CC[C@H](OC)C4)nc(-c4ccccc4)n3)CP2(=O)OC(OC(C)=O)OC(C)=O)C1. The number of aromatic nitrogens is 2. The molecule has 2 N–H and O–H groups in total. The van der Waals surface area contributed by atoms with Gasteiger partial charge in [-0.2, -0.15) is 0 Å². The number of benzene rings is 1. The number of ketones is 1. The summed E-state index contributed by atoms with van der Waals surface area (Å²) in [5.41, 5.74) is 0.504. The number of hydrogen-bond donors (Lipinski definition) is 2. The van der Waals surface area contributed by atoms with E-state index < -0.39 is 61.1 Å². The lowest BCUT2D eigenvalue weighted by atomic mass is 10.0. The zero-order valence-electron chi connectivity index (χ0n) is 29.0.